The molecule has 0 bridgehead atoms. The van der Waals surface area contributed by atoms with Gasteiger partial charge in [-0.1, -0.05) is 42.3 Å². The number of aromatic nitrogens is 1. The Morgan fingerprint density at radius 2 is 2.00 bits per heavy atom. The summed E-state index contributed by atoms with van der Waals surface area (Å²) in [6.45, 7) is 4.87. The van der Waals surface area contributed by atoms with Gasteiger partial charge in [0, 0.05) is 11.2 Å². The lowest BCUT2D eigenvalue weighted by atomic mass is 10.0. The van der Waals surface area contributed by atoms with Gasteiger partial charge in [-0.3, -0.25) is 4.98 Å². The molecule has 2 aromatic rings. The second-order valence-corrected chi connectivity index (χ2v) is 5.18. The van der Waals surface area contributed by atoms with Gasteiger partial charge in [0.15, 0.2) is 0 Å². The van der Waals surface area contributed by atoms with Crippen molar-refractivity contribution in [3.63, 3.8) is 0 Å². The lowest BCUT2D eigenvalue weighted by Crippen LogP contribution is -2.23. The minimum absolute atomic E-state index is 0.0446. The van der Waals surface area contributed by atoms with Gasteiger partial charge in [0.2, 0.25) is 0 Å². The molecule has 1 heterocycles. The summed E-state index contributed by atoms with van der Waals surface area (Å²) >= 11 is 12.4. The molecular formula is C15H16Cl2N2. The molecule has 100 valence electrons. The highest BCUT2D eigenvalue weighted by Gasteiger charge is 2.17. The molecule has 0 saturated carbocycles. The van der Waals surface area contributed by atoms with E-state index in [9.17, 15) is 0 Å². The molecule has 1 unspecified atom stereocenters. The summed E-state index contributed by atoms with van der Waals surface area (Å²) in [5.41, 5.74) is 2.96. The van der Waals surface area contributed by atoms with Crippen molar-refractivity contribution in [1.82, 2.24) is 10.3 Å². The maximum Gasteiger partial charge on any atom is 0.0804 e. The molecule has 1 atom stereocenters. The third-order valence-electron chi connectivity index (χ3n) is 3.00. The molecule has 2 nitrogen and oxygen atoms in total. The fraction of sp³-hybridized carbons (Fsp3) is 0.267. The number of hydrogen-bond acceptors (Lipinski definition) is 2. The van der Waals surface area contributed by atoms with E-state index in [-0.39, 0.29) is 6.04 Å². The van der Waals surface area contributed by atoms with Gasteiger partial charge < -0.3 is 5.32 Å². The molecule has 1 aromatic carbocycles. The van der Waals surface area contributed by atoms with E-state index < -0.39 is 0 Å². The highest BCUT2D eigenvalue weighted by Crippen LogP contribution is 2.28. The van der Waals surface area contributed by atoms with Gasteiger partial charge in [-0.15, -0.1) is 0 Å². The van der Waals surface area contributed by atoms with Crippen molar-refractivity contribution in [3.8, 4) is 0 Å². The molecule has 0 radical (unpaired) electrons. The van der Waals surface area contributed by atoms with Gasteiger partial charge >= 0.3 is 0 Å². The predicted molar refractivity (Wildman–Crippen MR) is 81.0 cm³/mol. The number of benzene rings is 1. The highest BCUT2D eigenvalue weighted by atomic mass is 35.5. The van der Waals surface area contributed by atoms with Gasteiger partial charge in [-0.25, -0.2) is 0 Å². The number of pyridine rings is 1. The molecule has 0 aliphatic rings. The van der Waals surface area contributed by atoms with Crippen molar-refractivity contribution in [2.75, 3.05) is 6.54 Å². The summed E-state index contributed by atoms with van der Waals surface area (Å²) in [6.07, 6.45) is 1.75. The van der Waals surface area contributed by atoms with Crippen LogP contribution in [0, 0.1) is 6.92 Å². The van der Waals surface area contributed by atoms with Crippen LogP contribution in [-0.4, -0.2) is 11.5 Å². The summed E-state index contributed by atoms with van der Waals surface area (Å²) in [5, 5.41) is 4.81. The first-order valence-corrected chi connectivity index (χ1v) is 6.99. The molecule has 2 rings (SSSR count). The minimum atomic E-state index is -0.0446. The first-order valence-electron chi connectivity index (χ1n) is 6.23. The summed E-state index contributed by atoms with van der Waals surface area (Å²) in [4.78, 5) is 4.39. The second-order valence-electron chi connectivity index (χ2n) is 4.37. The molecule has 0 aliphatic heterocycles. The van der Waals surface area contributed by atoms with E-state index in [4.69, 9.17) is 23.2 Å². The fourth-order valence-electron chi connectivity index (χ4n) is 1.98. The molecule has 1 aromatic heterocycles. The fourth-order valence-corrected chi connectivity index (χ4v) is 2.40. The van der Waals surface area contributed by atoms with Crippen LogP contribution in [-0.2, 0) is 0 Å². The quantitative estimate of drug-likeness (QED) is 0.904. The predicted octanol–water partition coefficient (Wildman–Crippen LogP) is 4.40. The van der Waals surface area contributed by atoms with Crippen molar-refractivity contribution in [2.45, 2.75) is 19.9 Å². The Labute approximate surface area is 123 Å². The minimum Gasteiger partial charge on any atom is -0.305 e. The van der Waals surface area contributed by atoms with Crippen LogP contribution in [0.2, 0.25) is 10.0 Å². The van der Waals surface area contributed by atoms with E-state index in [1.54, 1.807) is 6.20 Å². The van der Waals surface area contributed by atoms with Crippen molar-refractivity contribution in [1.29, 1.82) is 0 Å². The first kappa shape index (κ1) is 14.3. The van der Waals surface area contributed by atoms with Crippen LogP contribution < -0.4 is 5.32 Å². The van der Waals surface area contributed by atoms with Crippen LogP contribution in [0.25, 0.3) is 0 Å². The molecular weight excluding hydrogens is 279 g/mol. The summed E-state index contributed by atoms with van der Waals surface area (Å²) in [5.74, 6) is 0. The molecule has 0 aliphatic carbocycles. The molecule has 0 amide bonds. The molecule has 1 N–H and O–H groups in total. The smallest absolute Gasteiger partial charge is 0.0804 e. The van der Waals surface area contributed by atoms with Crippen molar-refractivity contribution in [3.05, 3.63) is 63.4 Å². The number of aryl methyl sites for hydroxylation is 1. The maximum absolute atomic E-state index is 6.24. The summed E-state index contributed by atoms with van der Waals surface area (Å²) < 4.78 is 0. The summed E-state index contributed by atoms with van der Waals surface area (Å²) in [6, 6.07) is 9.67. The van der Waals surface area contributed by atoms with E-state index >= 15 is 0 Å². The van der Waals surface area contributed by atoms with Crippen LogP contribution in [0.4, 0.5) is 0 Å². The Morgan fingerprint density at radius 3 is 2.63 bits per heavy atom. The van der Waals surface area contributed by atoms with Crippen molar-refractivity contribution in [2.24, 2.45) is 0 Å². The molecule has 4 heteroatoms. The zero-order chi connectivity index (χ0) is 13.8. The van der Waals surface area contributed by atoms with Crippen molar-refractivity contribution >= 4 is 23.2 Å². The zero-order valence-electron chi connectivity index (χ0n) is 11.0. The van der Waals surface area contributed by atoms with Gasteiger partial charge in [0.05, 0.1) is 16.8 Å². The lowest BCUT2D eigenvalue weighted by Gasteiger charge is -2.19. The molecule has 0 saturated heterocycles. The SMILES string of the molecule is CCNC(c1ccc(C)c(Cl)c1)c1ncccc1Cl. The van der Waals surface area contributed by atoms with Crippen molar-refractivity contribution < 1.29 is 0 Å². The first-order chi connectivity index (χ1) is 9.13. The monoisotopic (exact) mass is 294 g/mol. The number of hydrogen-bond donors (Lipinski definition) is 1. The van der Waals surface area contributed by atoms with Gasteiger partial charge in [0.1, 0.15) is 0 Å². The molecule has 0 spiro atoms. The normalized spacial score (nSPS) is 12.4. The van der Waals surface area contributed by atoms with E-state index in [2.05, 4.69) is 23.3 Å². The highest BCUT2D eigenvalue weighted by molar-refractivity contribution is 6.31. The largest absolute Gasteiger partial charge is 0.305 e. The van der Waals surface area contributed by atoms with Gasteiger partial charge in [-0.2, -0.15) is 0 Å². The Balaban J connectivity index is 2.45. The van der Waals surface area contributed by atoms with Crippen LogP contribution in [0.15, 0.2) is 36.5 Å². The van der Waals surface area contributed by atoms with Crippen LogP contribution in [0.3, 0.4) is 0 Å². The standard InChI is InChI=1S/C15H16Cl2N2/c1-3-18-14(15-12(16)5-4-8-19-15)11-7-6-10(2)13(17)9-11/h4-9,14,18H,3H2,1-2H3. The second kappa shape index (κ2) is 6.38. The van der Waals surface area contributed by atoms with Crippen LogP contribution in [0.1, 0.15) is 29.8 Å². The third kappa shape index (κ3) is 3.27. The Kier molecular flexibility index (Phi) is 4.81. The zero-order valence-corrected chi connectivity index (χ0v) is 12.5. The number of nitrogens with zero attached hydrogens (tertiary/aromatic N) is 1. The van der Waals surface area contributed by atoms with E-state index in [0.717, 1.165) is 28.4 Å². The Bertz CT molecular complexity index is 570. The number of halogens is 2. The number of rotatable bonds is 4. The lowest BCUT2D eigenvalue weighted by molar-refractivity contribution is 0.616. The number of nitrogens with one attached hydrogen (secondary N) is 1. The Hall–Kier alpha value is -1.09. The maximum atomic E-state index is 6.24. The van der Waals surface area contributed by atoms with Gasteiger partial charge in [0.25, 0.3) is 0 Å². The Morgan fingerprint density at radius 1 is 1.21 bits per heavy atom. The average molecular weight is 295 g/mol. The van der Waals surface area contributed by atoms with Crippen LogP contribution >= 0.6 is 23.2 Å². The molecule has 0 fully saturated rings. The molecule has 19 heavy (non-hydrogen) atoms. The van der Waals surface area contributed by atoms with E-state index in [1.807, 2.05) is 31.2 Å². The van der Waals surface area contributed by atoms with Crippen LogP contribution in [0.5, 0.6) is 0 Å². The van der Waals surface area contributed by atoms with Gasteiger partial charge in [-0.05, 0) is 42.8 Å². The van der Waals surface area contributed by atoms with E-state index in [0.29, 0.717) is 5.02 Å². The third-order valence-corrected chi connectivity index (χ3v) is 3.72. The van der Waals surface area contributed by atoms with E-state index in [1.165, 1.54) is 0 Å². The topological polar surface area (TPSA) is 24.9 Å². The average Bonchev–Trinajstić information content (AvgIpc) is 2.40. The summed E-state index contributed by atoms with van der Waals surface area (Å²) in [7, 11) is 0.